The van der Waals surface area contributed by atoms with Gasteiger partial charge in [-0.15, -0.1) is 11.3 Å². The molecule has 0 saturated carbocycles. The summed E-state index contributed by atoms with van der Waals surface area (Å²) >= 11 is 1.36. The van der Waals surface area contributed by atoms with Gasteiger partial charge < -0.3 is 19.5 Å². The van der Waals surface area contributed by atoms with Crippen LogP contribution in [0.5, 0.6) is 11.5 Å². The zero-order valence-electron chi connectivity index (χ0n) is 13.1. The molecule has 0 radical (unpaired) electrons. The molecule has 23 heavy (non-hydrogen) atoms. The minimum absolute atomic E-state index is 0.0553. The molecule has 2 atom stereocenters. The number of fused-ring (bicyclic) bond motifs is 1. The summed E-state index contributed by atoms with van der Waals surface area (Å²) in [5.74, 6) is 1.18. The van der Waals surface area contributed by atoms with Crippen LogP contribution in [0.1, 0.15) is 28.9 Å². The Morgan fingerprint density at radius 2 is 1.96 bits per heavy atom. The van der Waals surface area contributed by atoms with Gasteiger partial charge in [0, 0.05) is 18.5 Å². The van der Waals surface area contributed by atoms with Crippen LogP contribution in [0.15, 0.2) is 5.38 Å². The molecule has 0 spiro atoms. The molecule has 0 unspecified atom stereocenters. The van der Waals surface area contributed by atoms with Crippen molar-refractivity contribution in [2.45, 2.75) is 31.4 Å². The van der Waals surface area contributed by atoms with Gasteiger partial charge in [0.2, 0.25) is 0 Å². The Morgan fingerprint density at radius 3 is 2.78 bits per heavy atom. The quantitative estimate of drug-likeness (QED) is 0.878. The van der Waals surface area contributed by atoms with Gasteiger partial charge in [-0.3, -0.25) is 9.69 Å². The maximum Gasteiger partial charge on any atom is 0.268 e. The van der Waals surface area contributed by atoms with Gasteiger partial charge >= 0.3 is 0 Å². The van der Waals surface area contributed by atoms with Gasteiger partial charge in [-0.1, -0.05) is 6.42 Å². The van der Waals surface area contributed by atoms with Crippen LogP contribution < -0.4 is 9.47 Å². The Hall–Kier alpha value is -1.31. The van der Waals surface area contributed by atoms with Crippen LogP contribution in [0, 0.1) is 0 Å². The maximum absolute atomic E-state index is 12.8. The largest absolute Gasteiger partial charge is 0.485 e. The van der Waals surface area contributed by atoms with Gasteiger partial charge in [0.1, 0.15) is 18.1 Å². The van der Waals surface area contributed by atoms with Crippen molar-refractivity contribution in [3.05, 3.63) is 10.3 Å². The molecular weight excluding hydrogens is 316 g/mol. The Bertz CT molecular complexity index is 585. The monoisotopic (exact) mass is 338 g/mol. The van der Waals surface area contributed by atoms with Crippen molar-refractivity contribution in [3.8, 4) is 11.5 Å². The molecule has 2 fully saturated rings. The number of ether oxygens (including phenoxy) is 2. The van der Waals surface area contributed by atoms with Gasteiger partial charge in [-0.2, -0.15) is 0 Å². The summed E-state index contributed by atoms with van der Waals surface area (Å²) in [6.45, 7) is 4.03. The van der Waals surface area contributed by atoms with E-state index in [0.717, 1.165) is 13.1 Å². The first-order valence-electron chi connectivity index (χ1n) is 8.32. The van der Waals surface area contributed by atoms with Crippen LogP contribution in [0.2, 0.25) is 0 Å². The van der Waals surface area contributed by atoms with Gasteiger partial charge in [-0.05, 0) is 25.9 Å². The number of aliphatic hydroxyl groups is 1. The van der Waals surface area contributed by atoms with E-state index in [2.05, 4.69) is 4.90 Å². The number of β-amino-alcohol motifs (C(OH)–C–C–N with tert-alkyl or cyclic N) is 1. The van der Waals surface area contributed by atoms with Crippen molar-refractivity contribution >= 4 is 17.2 Å². The number of piperidine rings is 1. The summed E-state index contributed by atoms with van der Waals surface area (Å²) in [7, 11) is 0. The summed E-state index contributed by atoms with van der Waals surface area (Å²) < 4.78 is 11.1. The number of nitrogens with zero attached hydrogens (tertiary/aromatic N) is 2. The van der Waals surface area contributed by atoms with Gasteiger partial charge in [-0.25, -0.2) is 0 Å². The molecule has 0 aliphatic carbocycles. The minimum Gasteiger partial charge on any atom is -0.485 e. The first kappa shape index (κ1) is 15.2. The second-order valence-corrected chi connectivity index (χ2v) is 7.28. The molecule has 0 aromatic carbocycles. The first-order chi connectivity index (χ1) is 11.2. The average Bonchev–Trinajstić information content (AvgIpc) is 3.19. The predicted octanol–water partition coefficient (Wildman–Crippen LogP) is 1.19. The molecule has 0 bridgehead atoms. The SMILES string of the molecule is O=C(c1scc2c1OCCO2)N1C[C@H](O)[C@@H](N2CCCCC2)C1. The van der Waals surface area contributed by atoms with Crippen LogP contribution in [0.3, 0.4) is 0 Å². The van der Waals surface area contributed by atoms with Gasteiger partial charge in [0.15, 0.2) is 11.5 Å². The lowest BCUT2D eigenvalue weighted by Gasteiger charge is -2.33. The first-order valence-corrected chi connectivity index (χ1v) is 9.20. The van der Waals surface area contributed by atoms with Crippen LogP contribution in [0.25, 0.3) is 0 Å². The Labute approximate surface area is 139 Å². The number of thiophene rings is 1. The highest BCUT2D eigenvalue weighted by Crippen LogP contribution is 2.40. The van der Waals surface area contributed by atoms with E-state index < -0.39 is 6.10 Å². The lowest BCUT2D eigenvalue weighted by molar-refractivity contribution is 0.0702. The van der Waals surface area contributed by atoms with Crippen LogP contribution in [-0.2, 0) is 0 Å². The normalized spacial score (nSPS) is 28.1. The van der Waals surface area contributed by atoms with Crippen molar-refractivity contribution in [2.24, 2.45) is 0 Å². The van der Waals surface area contributed by atoms with Crippen LogP contribution >= 0.6 is 11.3 Å². The van der Waals surface area contributed by atoms with E-state index in [9.17, 15) is 9.90 Å². The molecule has 4 rings (SSSR count). The second-order valence-electron chi connectivity index (χ2n) is 6.40. The van der Waals surface area contributed by atoms with Crippen molar-refractivity contribution in [1.29, 1.82) is 0 Å². The van der Waals surface area contributed by atoms with E-state index in [4.69, 9.17) is 9.47 Å². The molecule has 3 aliphatic rings. The third kappa shape index (κ3) is 2.81. The molecular formula is C16H22N2O4S. The fourth-order valence-electron chi connectivity index (χ4n) is 3.70. The van der Waals surface area contributed by atoms with E-state index in [1.54, 1.807) is 4.90 Å². The molecule has 1 amide bonds. The lowest BCUT2D eigenvalue weighted by Crippen LogP contribution is -2.46. The predicted molar refractivity (Wildman–Crippen MR) is 86.4 cm³/mol. The maximum atomic E-state index is 12.8. The summed E-state index contributed by atoms with van der Waals surface area (Å²) in [6.07, 6.45) is 3.16. The van der Waals surface area contributed by atoms with Gasteiger partial charge in [0.05, 0.1) is 12.1 Å². The van der Waals surface area contributed by atoms with E-state index in [0.29, 0.717) is 42.7 Å². The van der Waals surface area contributed by atoms with Gasteiger partial charge in [0.25, 0.3) is 5.91 Å². The molecule has 4 heterocycles. The number of hydrogen-bond donors (Lipinski definition) is 1. The standard InChI is InChI=1S/C16H22N2O4S/c19-12-9-18(8-11(12)17-4-2-1-3-5-17)16(20)15-14-13(10-23-15)21-6-7-22-14/h10-12,19H,1-9H2/t11-,12-/m0/s1. The van der Waals surface area contributed by atoms with E-state index in [-0.39, 0.29) is 11.9 Å². The zero-order valence-corrected chi connectivity index (χ0v) is 13.9. The summed E-state index contributed by atoms with van der Waals surface area (Å²) in [6, 6.07) is 0.0622. The highest BCUT2D eigenvalue weighted by atomic mass is 32.1. The number of amides is 1. The highest BCUT2D eigenvalue weighted by Gasteiger charge is 2.39. The Kier molecular flexibility index (Phi) is 4.17. The number of carbonyl (C=O) groups excluding carboxylic acids is 1. The number of aliphatic hydroxyl groups excluding tert-OH is 1. The minimum atomic E-state index is -0.468. The highest BCUT2D eigenvalue weighted by molar-refractivity contribution is 7.12. The molecule has 6 nitrogen and oxygen atoms in total. The van der Waals surface area contributed by atoms with Crippen LogP contribution in [-0.4, -0.2) is 72.4 Å². The second kappa shape index (κ2) is 6.30. The third-order valence-electron chi connectivity index (χ3n) is 4.90. The molecule has 7 heteroatoms. The summed E-state index contributed by atoms with van der Waals surface area (Å²) in [5.41, 5.74) is 0. The Morgan fingerprint density at radius 1 is 1.17 bits per heavy atom. The molecule has 1 N–H and O–H groups in total. The van der Waals surface area contributed by atoms with Crippen molar-refractivity contribution < 1.29 is 19.4 Å². The smallest absolute Gasteiger partial charge is 0.268 e. The zero-order chi connectivity index (χ0) is 15.8. The van der Waals surface area contributed by atoms with Crippen molar-refractivity contribution in [3.63, 3.8) is 0 Å². The number of hydrogen-bond acceptors (Lipinski definition) is 6. The molecule has 2 saturated heterocycles. The molecule has 1 aromatic rings. The third-order valence-corrected chi connectivity index (χ3v) is 5.83. The Balaban J connectivity index is 1.48. The fraction of sp³-hybridized carbons (Fsp3) is 0.688. The number of rotatable bonds is 2. The fourth-order valence-corrected chi connectivity index (χ4v) is 4.59. The van der Waals surface area contributed by atoms with E-state index >= 15 is 0 Å². The summed E-state index contributed by atoms with van der Waals surface area (Å²) in [4.78, 5) is 17.5. The van der Waals surface area contributed by atoms with Crippen molar-refractivity contribution in [1.82, 2.24) is 9.80 Å². The van der Waals surface area contributed by atoms with Crippen LogP contribution in [0.4, 0.5) is 0 Å². The molecule has 126 valence electrons. The number of carbonyl (C=O) groups is 1. The van der Waals surface area contributed by atoms with Crippen molar-refractivity contribution in [2.75, 3.05) is 39.4 Å². The summed E-state index contributed by atoms with van der Waals surface area (Å²) in [5, 5.41) is 12.2. The lowest BCUT2D eigenvalue weighted by atomic mass is 10.1. The van der Waals surface area contributed by atoms with E-state index in [1.165, 1.54) is 30.6 Å². The number of likely N-dealkylation sites (tertiary alicyclic amines) is 2. The topological polar surface area (TPSA) is 62.2 Å². The van der Waals surface area contributed by atoms with E-state index in [1.807, 2.05) is 5.38 Å². The molecule has 1 aromatic heterocycles. The average molecular weight is 338 g/mol. The molecule has 3 aliphatic heterocycles.